The van der Waals surface area contributed by atoms with Gasteiger partial charge in [-0.05, 0) is 151 Å². The average Bonchev–Trinajstić information content (AvgIpc) is 3.38. The van der Waals surface area contributed by atoms with Crippen LogP contribution in [0.5, 0.6) is 0 Å². The van der Waals surface area contributed by atoms with Crippen molar-refractivity contribution in [3.63, 3.8) is 0 Å². The Morgan fingerprint density at radius 2 is 0.941 bits per heavy atom. The topological polar surface area (TPSA) is 30.3 Å². The van der Waals surface area contributed by atoms with Crippen molar-refractivity contribution in [2.75, 3.05) is 9.80 Å². The highest BCUT2D eigenvalue weighted by atomic mass is 15.2. The van der Waals surface area contributed by atoms with Gasteiger partial charge in [-0.2, -0.15) is 5.26 Å². The lowest BCUT2D eigenvalue weighted by molar-refractivity contribution is 0.402. The Hall–Kier alpha value is -8.45. The van der Waals surface area contributed by atoms with Crippen molar-refractivity contribution in [2.24, 2.45) is 5.41 Å². The van der Waals surface area contributed by atoms with Gasteiger partial charge in [0.2, 0.25) is 0 Å². The molecule has 0 heterocycles. The molecular weight excluding hydrogens is 823 g/mol. The van der Waals surface area contributed by atoms with Gasteiger partial charge in [-0.15, -0.1) is 0 Å². The van der Waals surface area contributed by atoms with Crippen LogP contribution in [0.2, 0.25) is 0 Å². The van der Waals surface area contributed by atoms with E-state index in [0.717, 1.165) is 39.3 Å². The van der Waals surface area contributed by atoms with Gasteiger partial charge in [-0.3, -0.25) is 0 Å². The number of para-hydroxylation sites is 2. The zero-order chi connectivity index (χ0) is 46.1. The normalized spacial score (nSPS) is 14.1. The second-order valence-electron chi connectivity index (χ2n) is 19.0. The second-order valence-corrected chi connectivity index (χ2v) is 19.0. The van der Waals surface area contributed by atoms with E-state index in [2.05, 4.69) is 256 Å². The third-order valence-corrected chi connectivity index (χ3v) is 14.8. The molecule has 11 aromatic rings. The zero-order valence-corrected chi connectivity index (χ0v) is 38.7. The van der Waals surface area contributed by atoms with Gasteiger partial charge >= 0.3 is 0 Å². The van der Waals surface area contributed by atoms with Crippen LogP contribution in [0.1, 0.15) is 43.4 Å². The van der Waals surface area contributed by atoms with E-state index in [-0.39, 0.29) is 11.3 Å². The summed E-state index contributed by atoms with van der Waals surface area (Å²) in [5.74, 6) is 0.185. The largest absolute Gasteiger partial charge is 0.313 e. The first kappa shape index (κ1) is 41.0. The minimum absolute atomic E-state index is 0.185. The van der Waals surface area contributed by atoms with Crippen LogP contribution in [0.15, 0.2) is 218 Å². The summed E-state index contributed by atoms with van der Waals surface area (Å²) in [7, 11) is 0. The van der Waals surface area contributed by atoms with Gasteiger partial charge in [-0.25, -0.2) is 0 Å². The van der Waals surface area contributed by atoms with Crippen LogP contribution in [0.25, 0.3) is 71.0 Å². The molecule has 1 aliphatic carbocycles. The van der Waals surface area contributed by atoms with Gasteiger partial charge in [0.1, 0.15) is 6.07 Å². The monoisotopic (exact) mass is 871 g/mol. The molecule has 0 aliphatic heterocycles. The van der Waals surface area contributed by atoms with E-state index in [0.29, 0.717) is 5.56 Å². The van der Waals surface area contributed by atoms with Crippen LogP contribution in [0.4, 0.5) is 28.4 Å². The Balaban J connectivity index is 1.07. The van der Waals surface area contributed by atoms with Crippen LogP contribution < -0.4 is 15.0 Å². The molecule has 324 valence electrons. The lowest BCUT2D eigenvalue weighted by Crippen LogP contribution is -2.40. The highest BCUT2D eigenvalue weighted by Gasteiger charge is 2.41. The smallest absolute Gasteiger partial charge is 0.101 e. The first-order valence-electron chi connectivity index (χ1n) is 23.6. The van der Waals surface area contributed by atoms with E-state index in [1.807, 2.05) is 6.07 Å². The Morgan fingerprint density at radius 3 is 1.56 bits per heavy atom. The number of hydrogen-bond donors (Lipinski definition) is 0. The molecule has 0 saturated heterocycles. The first-order valence-corrected chi connectivity index (χ1v) is 23.6. The number of rotatable bonds is 8. The van der Waals surface area contributed by atoms with E-state index in [4.69, 9.17) is 0 Å². The molecule has 0 bridgehead atoms. The number of fused-ring (bicyclic) bond motifs is 2. The number of nitrogens with zero attached hydrogens (tertiary/aromatic N) is 3. The minimum atomic E-state index is -0.265. The Morgan fingerprint density at radius 1 is 0.441 bits per heavy atom. The minimum Gasteiger partial charge on any atom is -0.313 e. The molecule has 0 spiro atoms. The summed E-state index contributed by atoms with van der Waals surface area (Å²) >= 11 is 0. The molecule has 3 heteroatoms. The zero-order valence-electron chi connectivity index (χ0n) is 38.7. The van der Waals surface area contributed by atoms with Crippen molar-refractivity contribution in [3.8, 4) is 28.3 Å². The maximum atomic E-state index is 10.9. The number of hydrogen-bond acceptors (Lipinski definition) is 3. The summed E-state index contributed by atoms with van der Waals surface area (Å²) in [6.07, 6.45) is 0. The van der Waals surface area contributed by atoms with Gasteiger partial charge in [0, 0.05) is 38.8 Å². The molecule has 1 atom stereocenters. The maximum absolute atomic E-state index is 10.9. The van der Waals surface area contributed by atoms with Gasteiger partial charge in [-0.1, -0.05) is 172 Å². The highest BCUT2D eigenvalue weighted by Crippen LogP contribution is 2.53. The Kier molecular flexibility index (Phi) is 9.75. The predicted molar refractivity (Wildman–Crippen MR) is 287 cm³/mol. The SMILES string of the molecule is Cc1cc(-c2ccc3ccccc3c2)ccc1N(C1=c2ccc3ccc(N(c4ccccc4)c4ccc(-c5ccc6ccccc6c5)cc4C#N)c4ccc(c2c34)C(C)C1(C)C)c1ccccc1. The Labute approximate surface area is 398 Å². The number of anilines is 5. The molecule has 3 nitrogen and oxygen atoms in total. The molecule has 12 rings (SSSR count). The molecule has 0 N–H and O–H groups in total. The molecule has 0 fully saturated rings. The van der Waals surface area contributed by atoms with E-state index in [1.54, 1.807) is 0 Å². The van der Waals surface area contributed by atoms with Crippen LogP contribution in [-0.4, -0.2) is 0 Å². The molecule has 0 aromatic heterocycles. The van der Waals surface area contributed by atoms with Crippen LogP contribution in [0.3, 0.4) is 0 Å². The van der Waals surface area contributed by atoms with Crippen LogP contribution in [-0.2, 0) is 0 Å². The Bertz CT molecular complexity index is 3880. The summed E-state index contributed by atoms with van der Waals surface area (Å²) in [5, 5.41) is 21.9. The van der Waals surface area contributed by atoms with E-state index in [1.165, 1.54) is 76.6 Å². The molecule has 0 amide bonds. The second kappa shape index (κ2) is 16.2. The number of nitriles is 1. The molecule has 1 aliphatic rings. The van der Waals surface area contributed by atoms with E-state index in [9.17, 15) is 5.26 Å². The summed E-state index contributed by atoms with van der Waals surface area (Å²) in [6.45, 7) is 9.50. The predicted octanol–water partition coefficient (Wildman–Crippen LogP) is 17.1. The first-order chi connectivity index (χ1) is 33.3. The van der Waals surface area contributed by atoms with Crippen molar-refractivity contribution in [1.29, 1.82) is 5.26 Å². The summed E-state index contributed by atoms with van der Waals surface area (Å²) in [5.41, 5.74) is 13.9. The molecule has 11 aromatic carbocycles. The van der Waals surface area contributed by atoms with Crippen molar-refractivity contribution in [3.05, 3.63) is 240 Å². The fraction of sp³-hybridized carbons (Fsp3) is 0.0923. The van der Waals surface area contributed by atoms with Gasteiger partial charge in [0.15, 0.2) is 0 Å². The average molecular weight is 872 g/mol. The molecule has 1 unspecified atom stereocenters. The lowest BCUT2D eigenvalue weighted by Gasteiger charge is -2.45. The molecular formula is C65H49N3. The number of aryl methyl sites for hydroxylation is 1. The van der Waals surface area contributed by atoms with E-state index >= 15 is 0 Å². The lowest BCUT2D eigenvalue weighted by atomic mass is 9.67. The maximum Gasteiger partial charge on any atom is 0.101 e. The summed E-state index contributed by atoms with van der Waals surface area (Å²) in [4.78, 5) is 4.82. The third kappa shape index (κ3) is 6.63. The van der Waals surface area contributed by atoms with E-state index < -0.39 is 0 Å². The van der Waals surface area contributed by atoms with Crippen molar-refractivity contribution in [1.82, 2.24) is 0 Å². The quantitative estimate of drug-likeness (QED) is 0.152. The third-order valence-electron chi connectivity index (χ3n) is 14.8. The van der Waals surface area contributed by atoms with Crippen molar-refractivity contribution < 1.29 is 0 Å². The molecule has 68 heavy (non-hydrogen) atoms. The van der Waals surface area contributed by atoms with Gasteiger partial charge in [0.05, 0.1) is 16.9 Å². The fourth-order valence-electron chi connectivity index (χ4n) is 11.0. The van der Waals surface area contributed by atoms with Crippen molar-refractivity contribution in [2.45, 2.75) is 33.6 Å². The fourth-order valence-corrected chi connectivity index (χ4v) is 11.0. The van der Waals surface area contributed by atoms with Gasteiger partial charge in [0.25, 0.3) is 0 Å². The summed E-state index contributed by atoms with van der Waals surface area (Å²) < 4.78 is 0. The van der Waals surface area contributed by atoms with Crippen molar-refractivity contribution >= 4 is 77.2 Å². The van der Waals surface area contributed by atoms with Crippen LogP contribution >= 0.6 is 0 Å². The molecule has 0 saturated carbocycles. The standard InChI is InChI=1S/C65H49N3/c1-42-37-49(50-25-23-44-15-11-13-17-47(44)38-50)29-34-59(42)68(55-21-9-6-10-22-55)64-58-31-27-46-28-36-61(57-33-32-56(63(58)62(46)57)43(2)65(64,3)4)67(54-19-7-5-8-20-54)60-35-30-52(40-53(60)41-66)51-26-24-45-16-12-14-18-48(45)39-51/h5-40,43H,1-4H3. The molecule has 0 radical (unpaired) electrons. The highest BCUT2D eigenvalue weighted by molar-refractivity contribution is 6.18. The van der Waals surface area contributed by atoms with Gasteiger partial charge < -0.3 is 9.80 Å². The van der Waals surface area contributed by atoms with Crippen LogP contribution in [0, 0.1) is 23.7 Å². The summed E-state index contributed by atoms with van der Waals surface area (Å²) in [6, 6.07) is 81.5. The number of benzene rings is 11.